The minimum absolute atomic E-state index is 0.226. The Morgan fingerprint density at radius 2 is 1.76 bits per heavy atom. The third-order valence-corrected chi connectivity index (χ3v) is 6.33. The molecule has 0 fully saturated rings. The largest absolute Gasteiger partial charge is 0.416 e. The third-order valence-electron chi connectivity index (χ3n) is 5.46. The van der Waals surface area contributed by atoms with Crippen molar-refractivity contribution in [1.82, 2.24) is 15.6 Å². The van der Waals surface area contributed by atoms with Gasteiger partial charge in [0.1, 0.15) is 6.04 Å². The molecule has 2 heterocycles. The lowest BCUT2D eigenvalue weighted by molar-refractivity contribution is -0.137. The van der Waals surface area contributed by atoms with Crippen LogP contribution in [-0.4, -0.2) is 29.4 Å². The highest BCUT2D eigenvalue weighted by Crippen LogP contribution is 2.29. The summed E-state index contributed by atoms with van der Waals surface area (Å²) in [5, 5.41) is 8.37. The van der Waals surface area contributed by atoms with E-state index in [9.17, 15) is 22.8 Å². The van der Waals surface area contributed by atoms with Gasteiger partial charge in [0.15, 0.2) is 0 Å². The molecule has 3 N–H and O–H groups in total. The molecule has 5 nitrogen and oxygen atoms in total. The molecule has 9 heteroatoms. The molecule has 0 radical (unpaired) electrons. The van der Waals surface area contributed by atoms with Crippen LogP contribution < -0.4 is 10.6 Å². The minimum atomic E-state index is -4.39. The van der Waals surface area contributed by atoms with Gasteiger partial charge in [-0.25, -0.2) is 0 Å². The predicted octanol–water partition coefficient (Wildman–Crippen LogP) is 4.95. The highest BCUT2D eigenvalue weighted by atomic mass is 32.1. The maximum Gasteiger partial charge on any atom is 0.416 e. The Morgan fingerprint density at radius 1 is 1.00 bits per heavy atom. The monoisotopic (exact) mass is 485 g/mol. The maximum absolute atomic E-state index is 13.0. The fourth-order valence-corrected chi connectivity index (χ4v) is 4.31. The number of hydrogen-bond acceptors (Lipinski definition) is 3. The second-order valence-corrected chi connectivity index (χ2v) is 8.75. The van der Waals surface area contributed by atoms with Crippen LogP contribution in [-0.2, 0) is 23.8 Å². The van der Waals surface area contributed by atoms with Crippen molar-refractivity contribution in [2.75, 3.05) is 6.54 Å². The van der Waals surface area contributed by atoms with Crippen molar-refractivity contribution in [1.29, 1.82) is 0 Å². The molecule has 0 saturated heterocycles. The van der Waals surface area contributed by atoms with Gasteiger partial charge in [-0.05, 0) is 47.2 Å². The molecule has 0 aliphatic heterocycles. The first-order valence-electron chi connectivity index (χ1n) is 10.6. The normalized spacial score (nSPS) is 12.4. The average molecular weight is 486 g/mol. The number of aromatic amines is 1. The van der Waals surface area contributed by atoms with Crippen LogP contribution in [0.3, 0.4) is 0 Å². The van der Waals surface area contributed by atoms with Gasteiger partial charge < -0.3 is 15.6 Å². The lowest BCUT2D eigenvalue weighted by Gasteiger charge is -2.18. The molecule has 4 rings (SSSR count). The number of nitrogens with one attached hydrogen (secondary N) is 3. The SMILES string of the molecule is O=C(N[C@@H](Cc1c[nH]c2ccccc12)C(=O)NCCc1ccc(C(F)(F)F)cc1)c1cccs1. The van der Waals surface area contributed by atoms with E-state index in [1.165, 1.54) is 23.5 Å². The third kappa shape index (κ3) is 5.66. The molecule has 0 unspecified atom stereocenters. The van der Waals surface area contributed by atoms with Crippen LogP contribution >= 0.6 is 11.3 Å². The number of amides is 2. The van der Waals surface area contributed by atoms with Gasteiger partial charge in [-0.2, -0.15) is 13.2 Å². The van der Waals surface area contributed by atoms with Gasteiger partial charge in [0, 0.05) is 30.1 Å². The highest BCUT2D eigenvalue weighted by Gasteiger charge is 2.30. The Balaban J connectivity index is 1.43. The first kappa shape index (κ1) is 23.6. The zero-order chi connectivity index (χ0) is 24.1. The van der Waals surface area contributed by atoms with Crippen LogP contribution in [0, 0.1) is 0 Å². The van der Waals surface area contributed by atoms with Crippen molar-refractivity contribution < 1.29 is 22.8 Å². The minimum Gasteiger partial charge on any atom is -0.361 e. The van der Waals surface area contributed by atoms with Crippen LogP contribution in [0.5, 0.6) is 0 Å². The molecule has 0 aliphatic carbocycles. The number of carbonyl (C=O) groups excluding carboxylic acids is 2. The van der Waals surface area contributed by atoms with E-state index in [1.807, 2.05) is 30.5 Å². The van der Waals surface area contributed by atoms with E-state index < -0.39 is 17.8 Å². The van der Waals surface area contributed by atoms with Crippen molar-refractivity contribution in [3.8, 4) is 0 Å². The second-order valence-electron chi connectivity index (χ2n) is 7.80. The Bertz CT molecular complexity index is 1260. The fourth-order valence-electron chi connectivity index (χ4n) is 3.68. The summed E-state index contributed by atoms with van der Waals surface area (Å²) in [6, 6.07) is 15.2. The molecular formula is C25H22F3N3O2S. The van der Waals surface area contributed by atoms with E-state index in [2.05, 4.69) is 15.6 Å². The summed E-state index contributed by atoms with van der Waals surface area (Å²) in [4.78, 5) is 29.3. The predicted molar refractivity (Wildman–Crippen MR) is 126 cm³/mol. The summed E-state index contributed by atoms with van der Waals surface area (Å²) >= 11 is 1.28. The van der Waals surface area contributed by atoms with Gasteiger partial charge in [0.05, 0.1) is 10.4 Å². The Morgan fingerprint density at radius 3 is 2.47 bits per heavy atom. The quantitative estimate of drug-likeness (QED) is 0.331. The molecule has 2 aromatic carbocycles. The standard InChI is InChI=1S/C25H22F3N3O2S/c26-25(27,28)18-9-7-16(8-10-18)11-12-29-23(32)21(31-24(33)22-6-3-13-34-22)14-17-15-30-20-5-2-1-4-19(17)20/h1-10,13,15,21,30H,11-12,14H2,(H,29,32)(H,31,33)/t21-/m0/s1. The number of rotatable bonds is 8. The highest BCUT2D eigenvalue weighted by molar-refractivity contribution is 7.12. The lowest BCUT2D eigenvalue weighted by Crippen LogP contribution is -2.48. The van der Waals surface area contributed by atoms with Gasteiger partial charge in [-0.3, -0.25) is 9.59 Å². The van der Waals surface area contributed by atoms with Gasteiger partial charge in [-0.1, -0.05) is 36.4 Å². The number of halogens is 3. The van der Waals surface area contributed by atoms with Crippen LogP contribution in [0.4, 0.5) is 13.2 Å². The smallest absolute Gasteiger partial charge is 0.361 e. The number of hydrogen-bond donors (Lipinski definition) is 3. The summed E-state index contributed by atoms with van der Waals surface area (Å²) in [6.07, 6.45) is -1.91. The molecule has 0 aliphatic rings. The zero-order valence-corrected chi connectivity index (χ0v) is 18.8. The maximum atomic E-state index is 13.0. The number of H-pyrrole nitrogens is 1. The first-order valence-corrected chi connectivity index (χ1v) is 11.5. The number of carbonyl (C=O) groups is 2. The van der Waals surface area contributed by atoms with Gasteiger partial charge in [-0.15, -0.1) is 11.3 Å². The van der Waals surface area contributed by atoms with E-state index >= 15 is 0 Å². The van der Waals surface area contributed by atoms with E-state index in [1.54, 1.807) is 17.5 Å². The van der Waals surface area contributed by atoms with Crippen molar-refractivity contribution >= 4 is 34.1 Å². The summed E-state index contributed by atoms with van der Waals surface area (Å²) in [5.41, 5.74) is 1.79. The van der Waals surface area contributed by atoms with E-state index in [-0.39, 0.29) is 24.8 Å². The summed E-state index contributed by atoms with van der Waals surface area (Å²) < 4.78 is 38.2. The number of thiophene rings is 1. The molecule has 0 spiro atoms. The van der Waals surface area contributed by atoms with Gasteiger partial charge in [0.25, 0.3) is 5.91 Å². The Labute approximate surface area is 198 Å². The summed E-state index contributed by atoms with van der Waals surface area (Å²) in [5.74, 6) is -0.695. The molecule has 176 valence electrons. The molecule has 34 heavy (non-hydrogen) atoms. The molecular weight excluding hydrogens is 463 g/mol. The van der Waals surface area contributed by atoms with Crippen molar-refractivity contribution in [3.63, 3.8) is 0 Å². The fraction of sp³-hybridized carbons (Fsp3) is 0.200. The number of alkyl halides is 3. The van der Waals surface area contributed by atoms with Gasteiger partial charge >= 0.3 is 6.18 Å². The lowest BCUT2D eigenvalue weighted by atomic mass is 10.0. The summed E-state index contributed by atoms with van der Waals surface area (Å²) in [7, 11) is 0. The Hall–Kier alpha value is -3.59. The first-order chi connectivity index (χ1) is 16.3. The van der Waals surface area contributed by atoms with Crippen LogP contribution in [0.25, 0.3) is 10.9 Å². The molecule has 2 aromatic heterocycles. The van der Waals surface area contributed by atoms with Crippen LogP contribution in [0.15, 0.2) is 72.2 Å². The molecule has 0 saturated carbocycles. The van der Waals surface area contributed by atoms with E-state index in [0.717, 1.165) is 28.6 Å². The zero-order valence-electron chi connectivity index (χ0n) is 18.0. The number of aromatic nitrogens is 1. The number of benzene rings is 2. The van der Waals surface area contributed by atoms with Crippen LogP contribution in [0.1, 0.15) is 26.4 Å². The molecule has 2 amide bonds. The van der Waals surface area contributed by atoms with E-state index in [0.29, 0.717) is 16.9 Å². The average Bonchev–Trinajstić information content (AvgIpc) is 3.49. The number of para-hydroxylation sites is 1. The molecule has 4 aromatic rings. The van der Waals surface area contributed by atoms with Gasteiger partial charge in [0.2, 0.25) is 5.91 Å². The van der Waals surface area contributed by atoms with Crippen molar-refractivity contribution in [2.24, 2.45) is 0 Å². The Kier molecular flexibility index (Phi) is 7.02. The summed E-state index contributed by atoms with van der Waals surface area (Å²) in [6.45, 7) is 0.226. The number of fused-ring (bicyclic) bond motifs is 1. The van der Waals surface area contributed by atoms with Crippen LogP contribution in [0.2, 0.25) is 0 Å². The molecule has 0 bridgehead atoms. The second kappa shape index (κ2) is 10.1. The topological polar surface area (TPSA) is 74.0 Å². The van der Waals surface area contributed by atoms with Crippen molar-refractivity contribution in [3.05, 3.63) is 93.8 Å². The van der Waals surface area contributed by atoms with E-state index in [4.69, 9.17) is 0 Å². The van der Waals surface area contributed by atoms with Crippen molar-refractivity contribution in [2.45, 2.75) is 25.1 Å². The molecule has 1 atom stereocenters.